The molecule has 0 bridgehead atoms. The molecule has 1 amide bonds. The molecule has 3 N–H and O–H groups in total. The highest BCUT2D eigenvalue weighted by Crippen LogP contribution is 2.25. The molecule has 1 aromatic carbocycles. The van der Waals surface area contributed by atoms with Crippen LogP contribution in [0.1, 0.15) is 33.1 Å². The molecular formula is C13H19BrN2O. The highest BCUT2D eigenvalue weighted by atomic mass is 79.9. The standard InChI is InChI=1S/C13H19BrN2O/c1-3-8-13(4-2,12(15)17)16-11-7-5-6-10(14)9-11/h5-7,9,16H,3-4,8H2,1-2H3,(H2,15,17). The van der Waals surface area contributed by atoms with Crippen molar-refractivity contribution >= 4 is 27.5 Å². The molecule has 1 atom stereocenters. The second-order valence-electron chi connectivity index (χ2n) is 4.19. The van der Waals surface area contributed by atoms with E-state index in [9.17, 15) is 4.79 Å². The number of amides is 1. The summed E-state index contributed by atoms with van der Waals surface area (Å²) < 4.78 is 0.980. The van der Waals surface area contributed by atoms with Crippen LogP contribution in [0.2, 0.25) is 0 Å². The zero-order valence-electron chi connectivity index (χ0n) is 10.3. The number of carbonyl (C=O) groups is 1. The van der Waals surface area contributed by atoms with Crippen LogP contribution in [-0.4, -0.2) is 11.4 Å². The topological polar surface area (TPSA) is 55.1 Å². The largest absolute Gasteiger partial charge is 0.371 e. The van der Waals surface area contributed by atoms with Crippen LogP contribution in [0.4, 0.5) is 5.69 Å². The Labute approximate surface area is 111 Å². The van der Waals surface area contributed by atoms with E-state index < -0.39 is 5.54 Å². The molecule has 4 heteroatoms. The lowest BCUT2D eigenvalue weighted by atomic mass is 9.89. The monoisotopic (exact) mass is 298 g/mol. The Hall–Kier alpha value is -1.03. The van der Waals surface area contributed by atoms with Crippen LogP contribution in [0.3, 0.4) is 0 Å². The van der Waals surface area contributed by atoms with Gasteiger partial charge in [-0.05, 0) is 31.0 Å². The first-order valence-corrected chi connectivity index (χ1v) is 6.67. The number of anilines is 1. The second-order valence-corrected chi connectivity index (χ2v) is 5.10. The third kappa shape index (κ3) is 3.46. The molecule has 94 valence electrons. The Morgan fingerprint density at radius 2 is 2.18 bits per heavy atom. The molecule has 1 aromatic rings. The summed E-state index contributed by atoms with van der Waals surface area (Å²) in [6.45, 7) is 4.03. The van der Waals surface area contributed by atoms with E-state index in [0.717, 1.165) is 23.0 Å². The molecule has 0 radical (unpaired) electrons. The number of carbonyl (C=O) groups excluding carboxylic acids is 1. The van der Waals surface area contributed by atoms with Gasteiger partial charge in [-0.1, -0.05) is 42.3 Å². The summed E-state index contributed by atoms with van der Waals surface area (Å²) in [5.74, 6) is -0.290. The average Bonchev–Trinajstić information content (AvgIpc) is 2.28. The minimum absolute atomic E-state index is 0.290. The van der Waals surface area contributed by atoms with Gasteiger partial charge in [0.1, 0.15) is 5.54 Å². The highest BCUT2D eigenvalue weighted by Gasteiger charge is 2.33. The van der Waals surface area contributed by atoms with Gasteiger partial charge < -0.3 is 11.1 Å². The molecule has 0 aliphatic heterocycles. The molecule has 17 heavy (non-hydrogen) atoms. The van der Waals surface area contributed by atoms with Crippen molar-refractivity contribution in [3.05, 3.63) is 28.7 Å². The van der Waals surface area contributed by atoms with E-state index in [1.165, 1.54) is 0 Å². The van der Waals surface area contributed by atoms with Crippen molar-refractivity contribution in [2.45, 2.75) is 38.6 Å². The van der Waals surface area contributed by atoms with Crippen LogP contribution in [0.25, 0.3) is 0 Å². The number of rotatable bonds is 6. The van der Waals surface area contributed by atoms with E-state index in [1.54, 1.807) is 0 Å². The number of nitrogens with one attached hydrogen (secondary N) is 1. The minimum Gasteiger partial charge on any atom is -0.371 e. The summed E-state index contributed by atoms with van der Waals surface area (Å²) in [5.41, 5.74) is 5.81. The van der Waals surface area contributed by atoms with Gasteiger partial charge in [0.05, 0.1) is 0 Å². The van der Waals surface area contributed by atoms with Gasteiger partial charge >= 0.3 is 0 Å². The molecule has 0 fully saturated rings. The maximum atomic E-state index is 11.7. The molecular weight excluding hydrogens is 280 g/mol. The van der Waals surface area contributed by atoms with Crippen LogP contribution in [0.15, 0.2) is 28.7 Å². The summed E-state index contributed by atoms with van der Waals surface area (Å²) in [4.78, 5) is 11.7. The first-order valence-electron chi connectivity index (χ1n) is 5.87. The fraction of sp³-hybridized carbons (Fsp3) is 0.462. The number of primary amides is 1. The zero-order valence-corrected chi connectivity index (χ0v) is 11.9. The SMILES string of the molecule is CCCC(CC)(Nc1cccc(Br)c1)C(N)=O. The van der Waals surface area contributed by atoms with Gasteiger partial charge in [0.25, 0.3) is 0 Å². The summed E-state index contributed by atoms with van der Waals surface area (Å²) in [6, 6.07) is 7.76. The predicted molar refractivity (Wildman–Crippen MR) is 74.9 cm³/mol. The van der Waals surface area contributed by atoms with E-state index in [0.29, 0.717) is 6.42 Å². The normalized spacial score (nSPS) is 14.1. The lowest BCUT2D eigenvalue weighted by Crippen LogP contribution is -2.50. The van der Waals surface area contributed by atoms with Crippen molar-refractivity contribution in [1.82, 2.24) is 0 Å². The lowest BCUT2D eigenvalue weighted by Gasteiger charge is -2.31. The van der Waals surface area contributed by atoms with Gasteiger partial charge in [-0.15, -0.1) is 0 Å². The summed E-state index contributed by atoms with van der Waals surface area (Å²) in [6.07, 6.45) is 2.34. The smallest absolute Gasteiger partial charge is 0.243 e. The van der Waals surface area contributed by atoms with Crippen molar-refractivity contribution in [3.63, 3.8) is 0 Å². The minimum atomic E-state index is -0.643. The summed E-state index contributed by atoms with van der Waals surface area (Å²) >= 11 is 3.41. The Balaban J connectivity index is 2.96. The molecule has 0 aliphatic rings. The van der Waals surface area contributed by atoms with Crippen molar-refractivity contribution in [3.8, 4) is 0 Å². The first-order chi connectivity index (χ1) is 8.04. The first kappa shape index (κ1) is 14.0. The Morgan fingerprint density at radius 3 is 2.65 bits per heavy atom. The van der Waals surface area contributed by atoms with E-state index in [2.05, 4.69) is 28.2 Å². The van der Waals surface area contributed by atoms with Gasteiger partial charge in [0.15, 0.2) is 0 Å². The number of nitrogens with two attached hydrogens (primary N) is 1. The van der Waals surface area contributed by atoms with E-state index in [-0.39, 0.29) is 5.91 Å². The van der Waals surface area contributed by atoms with Gasteiger partial charge in [-0.3, -0.25) is 4.79 Å². The van der Waals surface area contributed by atoms with Gasteiger partial charge in [-0.2, -0.15) is 0 Å². The predicted octanol–water partition coefficient (Wildman–Crippen LogP) is 3.30. The fourth-order valence-corrected chi connectivity index (χ4v) is 2.36. The van der Waals surface area contributed by atoms with Crippen molar-refractivity contribution < 1.29 is 4.79 Å². The van der Waals surface area contributed by atoms with Gasteiger partial charge in [-0.25, -0.2) is 0 Å². The summed E-state index contributed by atoms with van der Waals surface area (Å²) in [7, 11) is 0. The number of hydrogen-bond acceptors (Lipinski definition) is 2. The number of hydrogen-bond donors (Lipinski definition) is 2. The maximum absolute atomic E-state index is 11.7. The maximum Gasteiger partial charge on any atom is 0.243 e. The van der Waals surface area contributed by atoms with Gasteiger partial charge in [0.2, 0.25) is 5.91 Å². The molecule has 1 rings (SSSR count). The van der Waals surface area contributed by atoms with Crippen LogP contribution in [0, 0.1) is 0 Å². The van der Waals surface area contributed by atoms with Gasteiger partial charge in [0, 0.05) is 10.2 Å². The van der Waals surface area contributed by atoms with Crippen LogP contribution < -0.4 is 11.1 Å². The third-order valence-corrected chi connectivity index (χ3v) is 3.45. The lowest BCUT2D eigenvalue weighted by molar-refractivity contribution is -0.122. The van der Waals surface area contributed by atoms with Crippen molar-refractivity contribution in [2.24, 2.45) is 5.73 Å². The molecule has 0 saturated carbocycles. The highest BCUT2D eigenvalue weighted by molar-refractivity contribution is 9.10. The number of benzene rings is 1. The molecule has 0 aromatic heterocycles. The molecule has 1 unspecified atom stereocenters. The van der Waals surface area contributed by atoms with E-state index in [4.69, 9.17) is 5.73 Å². The van der Waals surface area contributed by atoms with Crippen molar-refractivity contribution in [2.75, 3.05) is 5.32 Å². The Kier molecular flexibility index (Phi) is 5.00. The van der Waals surface area contributed by atoms with Crippen molar-refractivity contribution in [1.29, 1.82) is 0 Å². The molecule has 0 aliphatic carbocycles. The molecule has 3 nitrogen and oxygen atoms in total. The quantitative estimate of drug-likeness (QED) is 0.847. The van der Waals surface area contributed by atoms with Crippen LogP contribution in [-0.2, 0) is 4.79 Å². The Morgan fingerprint density at radius 1 is 1.47 bits per heavy atom. The molecule has 0 saturated heterocycles. The zero-order chi connectivity index (χ0) is 12.9. The summed E-state index contributed by atoms with van der Waals surface area (Å²) in [5, 5.41) is 3.28. The molecule has 0 spiro atoms. The number of halogens is 1. The van der Waals surface area contributed by atoms with Crippen LogP contribution in [0.5, 0.6) is 0 Å². The molecule has 0 heterocycles. The van der Waals surface area contributed by atoms with Crippen LogP contribution >= 0.6 is 15.9 Å². The second kappa shape index (κ2) is 6.05. The van der Waals surface area contributed by atoms with E-state index >= 15 is 0 Å². The van der Waals surface area contributed by atoms with E-state index in [1.807, 2.05) is 31.2 Å². The average molecular weight is 299 g/mol. The Bertz CT molecular complexity index is 395. The third-order valence-electron chi connectivity index (χ3n) is 2.96. The fourth-order valence-electron chi connectivity index (χ4n) is 1.96.